The van der Waals surface area contributed by atoms with Gasteiger partial charge in [0.1, 0.15) is 0 Å². The molecule has 0 aliphatic carbocycles. The first kappa shape index (κ1) is 15.0. The summed E-state index contributed by atoms with van der Waals surface area (Å²) in [5, 5.41) is 2.37. The second-order valence-electron chi connectivity index (χ2n) is 5.88. The van der Waals surface area contributed by atoms with Gasteiger partial charge < -0.3 is 5.73 Å². The van der Waals surface area contributed by atoms with E-state index in [2.05, 4.69) is 24.3 Å². The Morgan fingerprint density at radius 2 is 2.00 bits per heavy atom. The van der Waals surface area contributed by atoms with Crippen LogP contribution in [-0.2, 0) is 6.54 Å². The number of primary amides is 1. The van der Waals surface area contributed by atoms with Crippen LogP contribution in [0.1, 0.15) is 54.6 Å². The first-order chi connectivity index (χ1) is 9.49. The monoisotopic (exact) mass is 275 g/mol. The molecule has 2 rings (SSSR count). The van der Waals surface area contributed by atoms with Crippen molar-refractivity contribution in [2.75, 3.05) is 0 Å². The molecule has 0 aromatic heterocycles. The number of hydrogen-bond donors (Lipinski definition) is 2. The van der Waals surface area contributed by atoms with Gasteiger partial charge in [0.05, 0.1) is 0 Å². The summed E-state index contributed by atoms with van der Waals surface area (Å²) in [6.07, 6.45) is 3.81. The zero-order valence-electron chi connectivity index (χ0n) is 12.6. The number of benzene rings is 1. The Kier molecular flexibility index (Phi) is 4.78. The third-order valence-corrected chi connectivity index (χ3v) is 4.27. The molecule has 0 radical (unpaired) electrons. The lowest BCUT2D eigenvalue weighted by atomic mass is 9.99. The fourth-order valence-electron chi connectivity index (χ4n) is 2.96. The van der Waals surface area contributed by atoms with Crippen LogP contribution in [0, 0.1) is 6.92 Å². The predicted molar refractivity (Wildman–Crippen MR) is 81.2 cm³/mol. The first-order valence-electron chi connectivity index (χ1n) is 7.40. The van der Waals surface area contributed by atoms with Crippen LogP contribution in [0.25, 0.3) is 0 Å². The molecule has 1 fully saturated rings. The largest absolute Gasteiger partial charge is 0.366 e. The second kappa shape index (κ2) is 6.37. The van der Waals surface area contributed by atoms with E-state index in [0.29, 0.717) is 17.6 Å². The van der Waals surface area contributed by atoms with E-state index in [9.17, 15) is 4.79 Å². The Morgan fingerprint density at radius 3 is 2.55 bits per heavy atom. The van der Waals surface area contributed by atoms with Gasteiger partial charge in [0.2, 0.25) is 5.91 Å². The van der Waals surface area contributed by atoms with Crippen LogP contribution in [0.4, 0.5) is 0 Å². The summed E-state index contributed by atoms with van der Waals surface area (Å²) >= 11 is 0. The summed E-state index contributed by atoms with van der Waals surface area (Å²) in [6.45, 7) is 7.35. The molecule has 1 amide bonds. The van der Waals surface area contributed by atoms with Crippen LogP contribution in [0.5, 0.6) is 0 Å². The molecule has 20 heavy (non-hydrogen) atoms. The van der Waals surface area contributed by atoms with Crippen molar-refractivity contribution in [3.05, 3.63) is 34.9 Å². The molecule has 2 unspecified atom stereocenters. The molecule has 2 atom stereocenters. The number of carbonyl (C=O) groups excluding carboxylic acids is 1. The second-order valence-corrected chi connectivity index (χ2v) is 5.88. The number of nitrogens with zero attached hydrogens (tertiary/aromatic N) is 1. The van der Waals surface area contributed by atoms with Gasteiger partial charge in [0, 0.05) is 24.2 Å². The number of hydrogen-bond acceptors (Lipinski definition) is 3. The molecule has 1 heterocycles. The quantitative estimate of drug-likeness (QED) is 0.887. The van der Waals surface area contributed by atoms with Gasteiger partial charge in [-0.3, -0.25) is 10.2 Å². The molecule has 4 heteroatoms. The number of aryl methyl sites for hydroxylation is 1. The average Bonchev–Trinajstić information content (AvgIpc) is 2.39. The number of rotatable bonds is 4. The van der Waals surface area contributed by atoms with Gasteiger partial charge in [-0.2, -0.15) is 0 Å². The number of piperidine rings is 1. The number of nitrogens with one attached hydrogen (secondary N) is 1. The lowest BCUT2D eigenvalue weighted by molar-refractivity contribution is 0.0435. The molecular formula is C16H25N3O. The van der Waals surface area contributed by atoms with E-state index in [1.807, 2.05) is 19.1 Å². The fraction of sp³-hybridized carbons (Fsp3) is 0.562. The minimum Gasteiger partial charge on any atom is -0.366 e. The molecule has 0 saturated carbocycles. The van der Waals surface area contributed by atoms with Crippen molar-refractivity contribution < 1.29 is 4.79 Å². The molecule has 110 valence electrons. The zero-order chi connectivity index (χ0) is 14.7. The van der Waals surface area contributed by atoms with Gasteiger partial charge in [0.15, 0.2) is 0 Å². The molecule has 0 bridgehead atoms. The van der Waals surface area contributed by atoms with Gasteiger partial charge in [-0.1, -0.05) is 12.5 Å². The number of hydrazine groups is 1. The normalized spacial score (nSPS) is 23.8. The molecule has 1 aliphatic heterocycles. The fourth-order valence-corrected chi connectivity index (χ4v) is 2.96. The zero-order valence-corrected chi connectivity index (χ0v) is 12.6. The molecular weight excluding hydrogens is 250 g/mol. The number of carbonyl (C=O) groups is 1. The van der Waals surface area contributed by atoms with E-state index >= 15 is 0 Å². The molecule has 3 N–H and O–H groups in total. The van der Waals surface area contributed by atoms with E-state index in [4.69, 9.17) is 5.73 Å². The van der Waals surface area contributed by atoms with Crippen molar-refractivity contribution >= 4 is 5.91 Å². The summed E-state index contributed by atoms with van der Waals surface area (Å²) in [5.41, 5.74) is 11.7. The summed E-state index contributed by atoms with van der Waals surface area (Å²) in [6, 6.07) is 6.80. The maximum Gasteiger partial charge on any atom is 0.248 e. The Morgan fingerprint density at radius 1 is 1.35 bits per heavy atom. The highest BCUT2D eigenvalue weighted by Crippen LogP contribution is 2.21. The van der Waals surface area contributed by atoms with Gasteiger partial charge in [-0.05, 0) is 56.9 Å². The summed E-state index contributed by atoms with van der Waals surface area (Å²) in [5.74, 6) is -0.370. The topological polar surface area (TPSA) is 58.4 Å². The molecule has 4 nitrogen and oxygen atoms in total. The van der Waals surface area contributed by atoms with Gasteiger partial charge in [0.25, 0.3) is 0 Å². The van der Waals surface area contributed by atoms with Crippen molar-refractivity contribution in [2.24, 2.45) is 5.73 Å². The van der Waals surface area contributed by atoms with Gasteiger partial charge in [-0.15, -0.1) is 0 Å². The van der Waals surface area contributed by atoms with E-state index < -0.39 is 0 Å². The van der Waals surface area contributed by atoms with E-state index in [1.54, 1.807) is 6.07 Å². The Bertz CT molecular complexity index is 477. The lowest BCUT2D eigenvalue weighted by Gasteiger charge is -2.39. The Balaban J connectivity index is 2.01. The van der Waals surface area contributed by atoms with Gasteiger partial charge in [-0.25, -0.2) is 5.01 Å². The van der Waals surface area contributed by atoms with E-state index in [1.165, 1.54) is 24.8 Å². The van der Waals surface area contributed by atoms with Crippen LogP contribution >= 0.6 is 0 Å². The molecule has 1 aromatic carbocycles. The standard InChI is InChI=1S/C16H25N3O/c1-11-9-14(16(17)20)7-8-15(11)10-18-19-12(2)5-4-6-13(19)3/h7-9,12-13,18H,4-6,10H2,1-3H3,(H2,17,20). The highest BCUT2D eigenvalue weighted by molar-refractivity contribution is 5.93. The third-order valence-electron chi connectivity index (χ3n) is 4.27. The van der Waals surface area contributed by atoms with Crippen molar-refractivity contribution in [2.45, 2.75) is 58.7 Å². The van der Waals surface area contributed by atoms with Crippen LogP contribution < -0.4 is 11.2 Å². The minimum atomic E-state index is -0.370. The summed E-state index contributed by atoms with van der Waals surface area (Å²) in [4.78, 5) is 11.2. The third kappa shape index (κ3) is 3.38. The molecule has 1 aliphatic rings. The van der Waals surface area contributed by atoms with Crippen LogP contribution in [-0.4, -0.2) is 23.0 Å². The molecule has 1 aromatic rings. The Hall–Kier alpha value is -1.39. The van der Waals surface area contributed by atoms with Crippen molar-refractivity contribution in [3.63, 3.8) is 0 Å². The lowest BCUT2D eigenvalue weighted by Crippen LogP contribution is -2.51. The summed E-state index contributed by atoms with van der Waals surface area (Å²) in [7, 11) is 0. The van der Waals surface area contributed by atoms with Crippen LogP contribution in [0.3, 0.4) is 0 Å². The number of nitrogens with two attached hydrogens (primary N) is 1. The predicted octanol–water partition coefficient (Wildman–Crippen LogP) is 2.36. The van der Waals surface area contributed by atoms with E-state index in [0.717, 1.165) is 12.1 Å². The van der Waals surface area contributed by atoms with Crippen LogP contribution in [0.15, 0.2) is 18.2 Å². The maximum atomic E-state index is 11.2. The Labute approximate surface area is 121 Å². The van der Waals surface area contributed by atoms with Crippen molar-refractivity contribution in [1.82, 2.24) is 10.4 Å². The summed E-state index contributed by atoms with van der Waals surface area (Å²) < 4.78 is 0. The van der Waals surface area contributed by atoms with Crippen molar-refractivity contribution in [3.8, 4) is 0 Å². The highest BCUT2D eigenvalue weighted by atomic mass is 16.1. The first-order valence-corrected chi connectivity index (χ1v) is 7.40. The maximum absolute atomic E-state index is 11.2. The molecule has 0 spiro atoms. The van der Waals surface area contributed by atoms with E-state index in [-0.39, 0.29) is 5.91 Å². The average molecular weight is 275 g/mol. The minimum absolute atomic E-state index is 0.370. The van der Waals surface area contributed by atoms with Crippen LogP contribution in [0.2, 0.25) is 0 Å². The van der Waals surface area contributed by atoms with Crippen molar-refractivity contribution in [1.29, 1.82) is 0 Å². The smallest absolute Gasteiger partial charge is 0.248 e. The highest BCUT2D eigenvalue weighted by Gasteiger charge is 2.24. The SMILES string of the molecule is Cc1cc(C(N)=O)ccc1CNN1C(C)CCCC1C. The number of amides is 1. The molecule has 1 saturated heterocycles. The van der Waals surface area contributed by atoms with Gasteiger partial charge >= 0.3 is 0 Å².